The fraction of sp³-hybridized carbons (Fsp3) is 0.600. The number of hydrogen-bond donors (Lipinski definition) is 1. The van der Waals surface area contributed by atoms with Crippen LogP contribution >= 0.6 is 0 Å². The van der Waals surface area contributed by atoms with Crippen molar-refractivity contribution in [2.45, 2.75) is 46.1 Å². The molecule has 0 aliphatic rings. The van der Waals surface area contributed by atoms with Gasteiger partial charge in [-0.05, 0) is 25.8 Å². The molecule has 1 atom stereocenters. The molecule has 4 heteroatoms. The molecule has 0 radical (unpaired) electrons. The fourth-order valence-electron chi connectivity index (χ4n) is 2.01. The van der Waals surface area contributed by atoms with Crippen molar-refractivity contribution in [2.24, 2.45) is 0 Å². The van der Waals surface area contributed by atoms with E-state index in [1.807, 2.05) is 18.0 Å². The van der Waals surface area contributed by atoms with Gasteiger partial charge in [-0.3, -0.25) is 9.78 Å². The first-order valence-electron chi connectivity index (χ1n) is 7.08. The molecule has 0 saturated heterocycles. The monoisotopic (exact) mass is 263 g/mol. The van der Waals surface area contributed by atoms with E-state index in [2.05, 4.69) is 31.1 Å². The Balaban J connectivity index is 2.97. The fourth-order valence-corrected chi connectivity index (χ4v) is 2.01. The number of nitrogens with one attached hydrogen (secondary N) is 1. The van der Waals surface area contributed by atoms with Gasteiger partial charge in [-0.15, -0.1) is 0 Å². The molecule has 0 bridgehead atoms. The molecule has 1 amide bonds. The van der Waals surface area contributed by atoms with E-state index in [0.29, 0.717) is 5.56 Å². The summed E-state index contributed by atoms with van der Waals surface area (Å²) in [5.74, 6) is 0.0697. The van der Waals surface area contributed by atoms with Crippen molar-refractivity contribution in [1.82, 2.24) is 9.88 Å². The number of hydrogen-bond acceptors (Lipinski definition) is 3. The maximum Gasteiger partial charge on any atom is 0.257 e. The van der Waals surface area contributed by atoms with Gasteiger partial charge in [0.1, 0.15) is 0 Å². The van der Waals surface area contributed by atoms with Gasteiger partial charge >= 0.3 is 0 Å². The highest BCUT2D eigenvalue weighted by molar-refractivity contribution is 5.99. The molecule has 0 aliphatic carbocycles. The lowest BCUT2D eigenvalue weighted by atomic mass is 10.1. The van der Waals surface area contributed by atoms with Gasteiger partial charge in [0.2, 0.25) is 0 Å². The Morgan fingerprint density at radius 3 is 2.79 bits per heavy atom. The highest BCUT2D eigenvalue weighted by Crippen LogP contribution is 2.18. The third kappa shape index (κ3) is 3.94. The highest BCUT2D eigenvalue weighted by atomic mass is 16.2. The molecule has 0 saturated carbocycles. The van der Waals surface area contributed by atoms with Gasteiger partial charge in [-0.1, -0.05) is 20.3 Å². The maximum atomic E-state index is 12.7. The van der Waals surface area contributed by atoms with Crippen molar-refractivity contribution < 1.29 is 4.79 Å². The summed E-state index contributed by atoms with van der Waals surface area (Å²) >= 11 is 0. The van der Waals surface area contributed by atoms with E-state index in [0.717, 1.165) is 31.5 Å². The molecule has 19 heavy (non-hydrogen) atoms. The summed E-state index contributed by atoms with van der Waals surface area (Å²) in [6.45, 7) is 7.16. The summed E-state index contributed by atoms with van der Waals surface area (Å²) in [6.07, 6.45) is 6.43. The summed E-state index contributed by atoms with van der Waals surface area (Å²) in [5, 5.41) is 3.06. The molecule has 0 fully saturated rings. The van der Waals surface area contributed by atoms with E-state index in [-0.39, 0.29) is 11.9 Å². The number of amides is 1. The zero-order valence-corrected chi connectivity index (χ0v) is 12.4. The Bertz CT molecular complexity index is 406. The van der Waals surface area contributed by atoms with Crippen molar-refractivity contribution in [3.05, 3.63) is 24.0 Å². The van der Waals surface area contributed by atoms with Gasteiger partial charge in [-0.2, -0.15) is 0 Å². The predicted molar refractivity (Wildman–Crippen MR) is 79.5 cm³/mol. The van der Waals surface area contributed by atoms with Crippen LogP contribution in [0.3, 0.4) is 0 Å². The molecule has 106 valence electrons. The number of nitrogens with zero attached hydrogens (tertiary/aromatic N) is 2. The number of unbranched alkanes of at least 4 members (excludes halogenated alkanes) is 1. The summed E-state index contributed by atoms with van der Waals surface area (Å²) in [4.78, 5) is 18.7. The molecule has 4 nitrogen and oxygen atoms in total. The normalized spacial score (nSPS) is 12.0. The summed E-state index contributed by atoms with van der Waals surface area (Å²) in [5.41, 5.74) is 1.49. The van der Waals surface area contributed by atoms with Crippen molar-refractivity contribution >= 4 is 11.6 Å². The predicted octanol–water partition coefficient (Wildman–Crippen LogP) is 3.16. The first-order valence-corrected chi connectivity index (χ1v) is 7.08. The van der Waals surface area contributed by atoms with Crippen molar-refractivity contribution in [1.29, 1.82) is 0 Å². The average molecular weight is 263 g/mol. The maximum absolute atomic E-state index is 12.7. The van der Waals surface area contributed by atoms with Gasteiger partial charge < -0.3 is 10.2 Å². The van der Waals surface area contributed by atoms with Crippen molar-refractivity contribution in [3.8, 4) is 0 Å². The van der Waals surface area contributed by atoms with Crippen LogP contribution in [0.15, 0.2) is 18.5 Å². The lowest BCUT2D eigenvalue weighted by Crippen LogP contribution is -2.39. The Morgan fingerprint density at radius 2 is 2.21 bits per heavy atom. The number of anilines is 1. The number of aromatic nitrogens is 1. The van der Waals surface area contributed by atoms with E-state index in [4.69, 9.17) is 0 Å². The van der Waals surface area contributed by atoms with Crippen LogP contribution in [0.2, 0.25) is 0 Å². The summed E-state index contributed by atoms with van der Waals surface area (Å²) in [6, 6.07) is 2.09. The second-order valence-electron chi connectivity index (χ2n) is 4.78. The molecule has 1 rings (SSSR count). The molecule has 1 aromatic heterocycles. The Kier molecular flexibility index (Phi) is 6.33. The van der Waals surface area contributed by atoms with E-state index in [1.54, 1.807) is 12.4 Å². The van der Waals surface area contributed by atoms with Crippen LogP contribution < -0.4 is 5.32 Å². The van der Waals surface area contributed by atoms with Crippen LogP contribution in [-0.2, 0) is 0 Å². The topological polar surface area (TPSA) is 45.2 Å². The SMILES string of the molecule is CCCCN(C(=O)c1cnccc1NC)C(C)CC. The van der Waals surface area contributed by atoms with E-state index < -0.39 is 0 Å². The zero-order chi connectivity index (χ0) is 14.3. The lowest BCUT2D eigenvalue weighted by molar-refractivity contribution is 0.0686. The van der Waals surface area contributed by atoms with Gasteiger partial charge in [-0.25, -0.2) is 0 Å². The van der Waals surface area contributed by atoms with E-state index >= 15 is 0 Å². The minimum atomic E-state index is 0.0697. The third-order valence-electron chi connectivity index (χ3n) is 3.46. The van der Waals surface area contributed by atoms with Crippen molar-refractivity contribution in [3.63, 3.8) is 0 Å². The quantitative estimate of drug-likeness (QED) is 0.822. The van der Waals surface area contributed by atoms with Crippen LogP contribution in [0.4, 0.5) is 5.69 Å². The molecule has 0 aliphatic heterocycles. The minimum absolute atomic E-state index is 0.0697. The molecule has 1 N–H and O–H groups in total. The number of rotatable bonds is 7. The molecule has 0 aromatic carbocycles. The summed E-state index contributed by atoms with van der Waals surface area (Å²) in [7, 11) is 1.83. The number of pyridine rings is 1. The summed E-state index contributed by atoms with van der Waals surface area (Å²) < 4.78 is 0. The van der Waals surface area contributed by atoms with E-state index in [1.165, 1.54) is 0 Å². The standard InChI is InChI=1S/C15H25N3O/c1-5-7-10-18(12(3)6-2)15(19)13-11-17-9-8-14(13)16-4/h8-9,11-12H,5-7,10H2,1-4H3,(H,16,17). The highest BCUT2D eigenvalue weighted by Gasteiger charge is 2.22. The minimum Gasteiger partial charge on any atom is -0.387 e. The Morgan fingerprint density at radius 1 is 1.47 bits per heavy atom. The van der Waals surface area contributed by atoms with Crippen LogP contribution in [-0.4, -0.2) is 35.4 Å². The van der Waals surface area contributed by atoms with Crippen LogP contribution in [0, 0.1) is 0 Å². The van der Waals surface area contributed by atoms with Gasteiger partial charge in [0.05, 0.1) is 5.56 Å². The van der Waals surface area contributed by atoms with Crippen LogP contribution in [0.5, 0.6) is 0 Å². The second-order valence-corrected chi connectivity index (χ2v) is 4.78. The number of carbonyl (C=O) groups excluding carboxylic acids is 1. The smallest absolute Gasteiger partial charge is 0.257 e. The van der Waals surface area contributed by atoms with Crippen molar-refractivity contribution in [2.75, 3.05) is 18.9 Å². The average Bonchev–Trinajstić information content (AvgIpc) is 2.46. The lowest BCUT2D eigenvalue weighted by Gasteiger charge is -2.29. The van der Waals surface area contributed by atoms with E-state index in [9.17, 15) is 4.79 Å². The molecule has 1 aromatic rings. The molecule has 0 spiro atoms. The van der Waals surface area contributed by atoms with Gasteiger partial charge in [0, 0.05) is 37.7 Å². The first kappa shape index (κ1) is 15.5. The molecule has 1 unspecified atom stereocenters. The second kappa shape index (κ2) is 7.77. The number of carbonyl (C=O) groups is 1. The Hall–Kier alpha value is -1.58. The molecular formula is C15H25N3O. The van der Waals surface area contributed by atoms with Gasteiger partial charge in [0.25, 0.3) is 5.91 Å². The molecular weight excluding hydrogens is 238 g/mol. The van der Waals surface area contributed by atoms with Crippen LogP contribution in [0.25, 0.3) is 0 Å². The third-order valence-corrected chi connectivity index (χ3v) is 3.46. The first-order chi connectivity index (χ1) is 9.15. The Labute approximate surface area is 116 Å². The largest absolute Gasteiger partial charge is 0.387 e. The molecule has 1 heterocycles. The van der Waals surface area contributed by atoms with Gasteiger partial charge in [0.15, 0.2) is 0 Å². The van der Waals surface area contributed by atoms with Crippen LogP contribution in [0.1, 0.15) is 50.4 Å². The zero-order valence-electron chi connectivity index (χ0n) is 12.4.